The molecule has 1 heterocycles. The van der Waals surface area contributed by atoms with E-state index in [0.717, 1.165) is 19.0 Å². The number of rotatable bonds is 5. The summed E-state index contributed by atoms with van der Waals surface area (Å²) in [6.07, 6.45) is 3.81. The van der Waals surface area contributed by atoms with E-state index in [-0.39, 0.29) is 5.41 Å². The first-order valence-electron chi connectivity index (χ1n) is 7.08. The first-order valence-corrected chi connectivity index (χ1v) is 7.90. The van der Waals surface area contributed by atoms with Gasteiger partial charge in [0.15, 0.2) is 0 Å². The van der Waals surface area contributed by atoms with Crippen LogP contribution in [-0.4, -0.2) is 11.0 Å². The smallest absolute Gasteiger partial charge is 0.0985 e. The van der Waals surface area contributed by atoms with E-state index < -0.39 is 0 Å². The number of aromatic nitrogens is 1. The van der Waals surface area contributed by atoms with Crippen molar-refractivity contribution in [3.63, 3.8) is 0 Å². The van der Waals surface area contributed by atoms with E-state index in [1.807, 2.05) is 11.3 Å². The molecule has 1 aliphatic rings. The summed E-state index contributed by atoms with van der Waals surface area (Å²) in [6, 6.07) is 0.775. The van der Waals surface area contributed by atoms with E-state index in [1.54, 1.807) is 0 Å². The second kappa shape index (κ2) is 5.30. The highest BCUT2D eigenvalue weighted by Gasteiger charge is 2.24. The normalized spacial score (nSPS) is 16.6. The topological polar surface area (TPSA) is 24.9 Å². The van der Waals surface area contributed by atoms with Crippen molar-refractivity contribution in [2.24, 2.45) is 5.92 Å². The molecule has 1 saturated carbocycles. The molecule has 0 radical (unpaired) electrons. The molecule has 2 nitrogen and oxygen atoms in total. The third-order valence-corrected chi connectivity index (χ3v) is 4.67. The molecular formula is C15H26N2S. The Morgan fingerprint density at radius 2 is 2.00 bits per heavy atom. The maximum absolute atomic E-state index is 4.90. The van der Waals surface area contributed by atoms with E-state index in [1.165, 1.54) is 28.4 Å². The Bertz CT molecular complexity index is 397. The summed E-state index contributed by atoms with van der Waals surface area (Å²) < 4.78 is 0. The molecule has 1 aromatic rings. The Morgan fingerprint density at radius 3 is 2.50 bits per heavy atom. The van der Waals surface area contributed by atoms with Gasteiger partial charge in [-0.3, -0.25) is 0 Å². The van der Waals surface area contributed by atoms with Crippen LogP contribution in [0.25, 0.3) is 0 Å². The third-order valence-electron chi connectivity index (χ3n) is 3.15. The molecule has 0 aromatic carbocycles. The predicted molar refractivity (Wildman–Crippen MR) is 79.2 cm³/mol. The van der Waals surface area contributed by atoms with Crippen LogP contribution in [-0.2, 0) is 18.4 Å². The molecule has 0 unspecified atom stereocenters. The Hall–Kier alpha value is -0.410. The van der Waals surface area contributed by atoms with Gasteiger partial charge in [-0.15, -0.1) is 11.3 Å². The lowest BCUT2D eigenvalue weighted by molar-refractivity contribution is 0.574. The predicted octanol–water partition coefficient (Wildman–Crippen LogP) is 3.89. The van der Waals surface area contributed by atoms with Crippen molar-refractivity contribution < 1.29 is 0 Å². The van der Waals surface area contributed by atoms with Crippen molar-refractivity contribution in [3.8, 4) is 0 Å². The zero-order valence-electron chi connectivity index (χ0n) is 12.3. The number of hydrogen-bond acceptors (Lipinski definition) is 3. The fraction of sp³-hybridized carbons (Fsp3) is 0.800. The maximum Gasteiger partial charge on any atom is 0.0985 e. The van der Waals surface area contributed by atoms with Gasteiger partial charge in [-0.1, -0.05) is 34.6 Å². The molecule has 18 heavy (non-hydrogen) atoms. The van der Waals surface area contributed by atoms with E-state index >= 15 is 0 Å². The average molecular weight is 266 g/mol. The minimum atomic E-state index is 0.175. The molecule has 102 valence electrons. The third kappa shape index (κ3) is 3.79. The van der Waals surface area contributed by atoms with Crippen molar-refractivity contribution in [3.05, 3.63) is 15.6 Å². The largest absolute Gasteiger partial charge is 0.309 e. The lowest BCUT2D eigenvalue weighted by atomic mass is 9.98. The Balaban J connectivity index is 2.14. The average Bonchev–Trinajstić information content (AvgIpc) is 2.96. The summed E-state index contributed by atoms with van der Waals surface area (Å²) in [6.45, 7) is 12.3. The molecule has 0 saturated heterocycles. The number of thiazole rings is 1. The van der Waals surface area contributed by atoms with Crippen molar-refractivity contribution in [2.45, 2.75) is 71.9 Å². The second-order valence-corrected chi connectivity index (χ2v) is 7.98. The summed E-state index contributed by atoms with van der Waals surface area (Å²) in [5.41, 5.74) is 1.50. The summed E-state index contributed by atoms with van der Waals surface area (Å²) in [4.78, 5) is 6.36. The Kier molecular flexibility index (Phi) is 4.12. The van der Waals surface area contributed by atoms with Crippen LogP contribution in [0.4, 0.5) is 0 Å². The molecule has 1 aliphatic carbocycles. The van der Waals surface area contributed by atoms with E-state index in [9.17, 15) is 0 Å². The first kappa shape index (κ1) is 14.0. The van der Waals surface area contributed by atoms with Gasteiger partial charge in [-0.25, -0.2) is 4.98 Å². The molecule has 0 atom stereocenters. The SMILES string of the molecule is CC(C)Cc1nc(C(C)(C)C)sc1CNC1CC1. The monoisotopic (exact) mass is 266 g/mol. The van der Waals surface area contributed by atoms with Gasteiger partial charge in [0.25, 0.3) is 0 Å². The van der Waals surface area contributed by atoms with Gasteiger partial charge < -0.3 is 5.32 Å². The molecule has 0 aliphatic heterocycles. The highest BCUT2D eigenvalue weighted by molar-refractivity contribution is 7.11. The van der Waals surface area contributed by atoms with Crippen LogP contribution in [0.15, 0.2) is 0 Å². The molecule has 0 amide bonds. The highest BCUT2D eigenvalue weighted by Crippen LogP contribution is 2.31. The van der Waals surface area contributed by atoms with E-state index in [2.05, 4.69) is 39.9 Å². The van der Waals surface area contributed by atoms with Crippen LogP contribution < -0.4 is 5.32 Å². The van der Waals surface area contributed by atoms with Crippen molar-refractivity contribution in [2.75, 3.05) is 0 Å². The van der Waals surface area contributed by atoms with E-state index in [0.29, 0.717) is 5.92 Å². The molecule has 1 aromatic heterocycles. The second-order valence-electron chi connectivity index (χ2n) is 6.89. The van der Waals surface area contributed by atoms with Crippen molar-refractivity contribution in [1.82, 2.24) is 10.3 Å². The van der Waals surface area contributed by atoms with Crippen LogP contribution in [0.5, 0.6) is 0 Å². The van der Waals surface area contributed by atoms with Crippen LogP contribution >= 0.6 is 11.3 Å². The van der Waals surface area contributed by atoms with Crippen LogP contribution in [0, 0.1) is 5.92 Å². The maximum atomic E-state index is 4.90. The minimum absolute atomic E-state index is 0.175. The molecule has 3 heteroatoms. The lowest BCUT2D eigenvalue weighted by Gasteiger charge is -2.13. The van der Waals surface area contributed by atoms with Gasteiger partial charge in [0.1, 0.15) is 0 Å². The first-order chi connectivity index (χ1) is 8.36. The standard InChI is InChI=1S/C15H26N2S/c1-10(2)8-12-13(9-16-11-6-7-11)18-14(17-12)15(3,4)5/h10-11,16H,6-9H2,1-5H3. The summed E-state index contributed by atoms with van der Waals surface area (Å²) >= 11 is 1.90. The summed E-state index contributed by atoms with van der Waals surface area (Å²) in [7, 11) is 0. The quantitative estimate of drug-likeness (QED) is 0.874. The Labute approximate surface area is 115 Å². The zero-order chi connectivity index (χ0) is 13.3. The van der Waals surface area contributed by atoms with E-state index in [4.69, 9.17) is 4.98 Å². The van der Waals surface area contributed by atoms with Gasteiger partial charge >= 0.3 is 0 Å². The van der Waals surface area contributed by atoms with Gasteiger partial charge in [-0.2, -0.15) is 0 Å². The van der Waals surface area contributed by atoms with Crippen LogP contribution in [0.1, 0.15) is 63.0 Å². The summed E-state index contributed by atoms with van der Waals surface area (Å²) in [5, 5.41) is 4.90. The molecular weight excluding hydrogens is 240 g/mol. The molecule has 1 N–H and O–H groups in total. The van der Waals surface area contributed by atoms with Gasteiger partial charge in [-0.05, 0) is 25.2 Å². The van der Waals surface area contributed by atoms with Gasteiger partial charge in [0, 0.05) is 22.9 Å². The Morgan fingerprint density at radius 1 is 1.33 bits per heavy atom. The summed E-state index contributed by atoms with van der Waals surface area (Å²) in [5.74, 6) is 0.680. The fourth-order valence-electron chi connectivity index (χ4n) is 1.91. The van der Waals surface area contributed by atoms with Crippen LogP contribution in [0.2, 0.25) is 0 Å². The number of hydrogen-bond donors (Lipinski definition) is 1. The number of nitrogens with one attached hydrogen (secondary N) is 1. The van der Waals surface area contributed by atoms with Crippen LogP contribution in [0.3, 0.4) is 0 Å². The lowest BCUT2D eigenvalue weighted by Crippen LogP contribution is -2.15. The van der Waals surface area contributed by atoms with Crippen molar-refractivity contribution in [1.29, 1.82) is 0 Å². The number of nitrogens with zero attached hydrogens (tertiary/aromatic N) is 1. The van der Waals surface area contributed by atoms with Gasteiger partial charge in [0.05, 0.1) is 10.7 Å². The fourth-order valence-corrected chi connectivity index (χ4v) is 3.01. The molecule has 2 rings (SSSR count). The molecule has 0 spiro atoms. The minimum Gasteiger partial charge on any atom is -0.309 e. The van der Waals surface area contributed by atoms with Crippen molar-refractivity contribution >= 4 is 11.3 Å². The zero-order valence-corrected chi connectivity index (χ0v) is 13.2. The molecule has 0 bridgehead atoms. The molecule has 1 fully saturated rings. The highest BCUT2D eigenvalue weighted by atomic mass is 32.1. The van der Waals surface area contributed by atoms with Gasteiger partial charge in [0.2, 0.25) is 0 Å².